The van der Waals surface area contributed by atoms with E-state index in [1.54, 1.807) is 20.8 Å². The Morgan fingerprint density at radius 1 is 0.880 bits per heavy atom. The zero-order valence-corrected chi connectivity index (χ0v) is 13.9. The first-order chi connectivity index (χ1) is 11.7. The molecule has 0 bridgehead atoms. The smallest absolute Gasteiger partial charge is 0.362 e. The lowest BCUT2D eigenvalue weighted by Crippen LogP contribution is -2.33. The lowest BCUT2D eigenvalue weighted by molar-refractivity contribution is -0.158. The van der Waals surface area contributed by atoms with E-state index in [4.69, 9.17) is 9.47 Å². The number of ether oxygens (including phenoxy) is 2. The van der Waals surface area contributed by atoms with Gasteiger partial charge in [0.05, 0.1) is 11.1 Å². The number of nitrogens with one attached hydrogen (secondary N) is 1. The van der Waals surface area contributed by atoms with Crippen molar-refractivity contribution in [1.82, 2.24) is 5.32 Å². The van der Waals surface area contributed by atoms with Gasteiger partial charge in [0.25, 0.3) is 0 Å². The topological polar surface area (TPSA) is 169 Å². The average Bonchev–Trinajstić information content (AvgIpc) is 2.56. The molecule has 138 valence electrons. The van der Waals surface area contributed by atoms with E-state index in [0.29, 0.717) is 11.4 Å². The number of allylic oxidation sites excluding steroid dienone is 2. The van der Waals surface area contributed by atoms with Crippen molar-refractivity contribution in [2.45, 2.75) is 20.8 Å². The van der Waals surface area contributed by atoms with Crippen LogP contribution in [0, 0.1) is 5.92 Å². The molecule has 0 aliphatic carbocycles. The summed E-state index contributed by atoms with van der Waals surface area (Å²) in [6.45, 7) is 3.42. The van der Waals surface area contributed by atoms with Gasteiger partial charge in [-0.2, -0.15) is 11.8 Å². The fourth-order valence-electron chi connectivity index (χ4n) is 2.34. The molecule has 0 spiro atoms. The maximum absolute atomic E-state index is 12.2. The van der Waals surface area contributed by atoms with Crippen LogP contribution in [0.5, 0.6) is 0 Å². The van der Waals surface area contributed by atoms with E-state index in [-0.39, 0.29) is 11.1 Å². The molecule has 0 unspecified atom stereocenters. The van der Waals surface area contributed by atoms with Crippen molar-refractivity contribution < 1.29 is 38.3 Å². The molecule has 11 nitrogen and oxygen atoms in total. The van der Waals surface area contributed by atoms with Crippen LogP contribution in [0.2, 0.25) is 0 Å². The van der Waals surface area contributed by atoms with Gasteiger partial charge in [0.2, 0.25) is 0 Å². The second kappa shape index (κ2) is 8.80. The van der Waals surface area contributed by atoms with Crippen LogP contribution in [-0.4, -0.2) is 37.1 Å². The summed E-state index contributed by atoms with van der Waals surface area (Å²) >= 11 is 0. The normalized spacial score (nSPS) is 14.6. The first kappa shape index (κ1) is 20.1. The van der Waals surface area contributed by atoms with Crippen molar-refractivity contribution in [2.75, 3.05) is 13.2 Å². The summed E-state index contributed by atoms with van der Waals surface area (Å²) in [6, 6.07) is 0. The number of rotatable bonds is 6. The first-order valence-electron chi connectivity index (χ1n) is 7.04. The molecule has 0 aromatic heterocycles. The van der Waals surface area contributed by atoms with Crippen LogP contribution >= 0.6 is 0 Å². The van der Waals surface area contributed by atoms with E-state index in [9.17, 15) is 19.2 Å². The van der Waals surface area contributed by atoms with Crippen molar-refractivity contribution >= 4 is 23.9 Å². The number of hydrogen-bond acceptors (Lipinski definition) is 11. The van der Waals surface area contributed by atoms with Gasteiger partial charge >= 0.3 is 23.9 Å². The summed E-state index contributed by atoms with van der Waals surface area (Å²) in [5.41, 5.74) is 1.11. The molecule has 0 radical (unpaired) electrons. The Balaban J connectivity index is 2.91. The quantitative estimate of drug-likeness (QED) is 0.381. The number of dihydropyridines is 1. The summed E-state index contributed by atoms with van der Waals surface area (Å²) in [6.07, 6.45) is 0. The highest BCUT2D eigenvalue weighted by Gasteiger charge is 2.34. The second-order valence-electron chi connectivity index (χ2n) is 5.06. The fraction of sp³-hybridized carbons (Fsp3) is 0.429. The van der Waals surface area contributed by atoms with E-state index >= 15 is 0 Å². The Bertz CT molecular complexity index is 598. The monoisotopic (exact) mass is 357 g/mol. The van der Waals surface area contributed by atoms with Gasteiger partial charge in [-0.05, 0) is 13.8 Å². The summed E-state index contributed by atoms with van der Waals surface area (Å²) < 4.78 is 9.59. The predicted molar refractivity (Wildman–Crippen MR) is 80.2 cm³/mol. The van der Waals surface area contributed by atoms with Crippen LogP contribution in [0.1, 0.15) is 20.8 Å². The summed E-state index contributed by atoms with van der Waals surface area (Å²) in [5.74, 6) is 5.07. The third-order valence-corrected chi connectivity index (χ3v) is 3.39. The van der Waals surface area contributed by atoms with Gasteiger partial charge in [0.1, 0.15) is 0 Å². The molecule has 0 fully saturated rings. The van der Waals surface area contributed by atoms with Crippen molar-refractivity contribution in [3.63, 3.8) is 0 Å². The largest absolute Gasteiger partial charge is 0.450 e. The minimum Gasteiger partial charge on any atom is -0.450 e. The Labute approximate surface area is 142 Å². The molecule has 0 saturated heterocycles. The zero-order valence-electron chi connectivity index (χ0n) is 13.9. The molecule has 0 saturated carbocycles. The predicted octanol–water partition coefficient (Wildman–Crippen LogP) is -1.31. The van der Waals surface area contributed by atoms with Crippen molar-refractivity contribution in [3.05, 3.63) is 22.5 Å². The Morgan fingerprint density at radius 3 is 1.56 bits per heavy atom. The molecular formula is C14H19N3O8. The Morgan fingerprint density at radius 2 is 1.24 bits per heavy atom. The summed E-state index contributed by atoms with van der Waals surface area (Å²) in [7, 11) is 0. The van der Waals surface area contributed by atoms with Crippen molar-refractivity contribution in [2.24, 2.45) is 17.7 Å². The molecule has 1 aliphatic heterocycles. The molecule has 0 aromatic carbocycles. The van der Waals surface area contributed by atoms with E-state index in [1.807, 2.05) is 0 Å². The van der Waals surface area contributed by atoms with Crippen LogP contribution in [0.3, 0.4) is 0 Å². The highest BCUT2D eigenvalue weighted by atomic mass is 16.7. The highest BCUT2D eigenvalue weighted by molar-refractivity contribution is 5.98. The van der Waals surface area contributed by atoms with Crippen LogP contribution in [-0.2, 0) is 38.3 Å². The standard InChI is InChI=1S/C14H19N3O8/c1-6-11(13(20)22-4-9(18)24-15)7(2)17-8(3)12(6)14(21)23-5-10(19)25-16/h6,17H,4-5,15-16H2,1-3H3. The van der Waals surface area contributed by atoms with Crippen molar-refractivity contribution in [1.29, 1.82) is 0 Å². The lowest BCUT2D eigenvalue weighted by Gasteiger charge is -2.27. The van der Waals surface area contributed by atoms with E-state index < -0.39 is 43.0 Å². The van der Waals surface area contributed by atoms with E-state index in [2.05, 4.69) is 26.8 Å². The molecular weight excluding hydrogens is 338 g/mol. The first-order valence-corrected chi connectivity index (χ1v) is 7.04. The number of carbonyl (C=O) groups excluding carboxylic acids is 4. The van der Waals surface area contributed by atoms with Gasteiger partial charge in [-0.15, -0.1) is 0 Å². The van der Waals surface area contributed by atoms with Gasteiger partial charge in [0.15, 0.2) is 13.2 Å². The van der Waals surface area contributed by atoms with Crippen LogP contribution < -0.4 is 17.1 Å². The number of nitrogens with two attached hydrogens (primary N) is 2. The maximum atomic E-state index is 12.2. The number of esters is 2. The van der Waals surface area contributed by atoms with Crippen LogP contribution in [0.25, 0.3) is 0 Å². The molecule has 1 aliphatic rings. The average molecular weight is 357 g/mol. The van der Waals surface area contributed by atoms with Gasteiger partial charge in [-0.3, -0.25) is 0 Å². The number of hydrogen-bond donors (Lipinski definition) is 3. The number of carbonyl (C=O) groups is 4. The minimum atomic E-state index is -0.935. The maximum Gasteiger partial charge on any atom is 0.362 e. The summed E-state index contributed by atoms with van der Waals surface area (Å²) in [5, 5.41) is 2.85. The molecule has 1 heterocycles. The third kappa shape index (κ3) is 5.02. The molecule has 5 N–H and O–H groups in total. The van der Waals surface area contributed by atoms with Crippen molar-refractivity contribution in [3.8, 4) is 0 Å². The van der Waals surface area contributed by atoms with Gasteiger partial charge in [0, 0.05) is 17.3 Å². The Kier molecular flexibility index (Phi) is 7.08. The minimum absolute atomic E-state index is 0.115. The SMILES string of the molecule is CC1=C(C(=O)OCC(=O)ON)C(C)C(C(=O)OCC(=O)ON)=C(C)N1. The Hall–Kier alpha value is -2.92. The molecule has 11 heteroatoms. The zero-order chi connectivity index (χ0) is 19.1. The van der Waals surface area contributed by atoms with Gasteiger partial charge in [-0.25, -0.2) is 19.2 Å². The lowest BCUT2D eigenvalue weighted by atomic mass is 9.87. The molecule has 0 amide bonds. The molecule has 1 rings (SSSR count). The molecule has 25 heavy (non-hydrogen) atoms. The van der Waals surface area contributed by atoms with Crippen LogP contribution in [0.4, 0.5) is 0 Å². The third-order valence-electron chi connectivity index (χ3n) is 3.39. The molecule has 0 atom stereocenters. The van der Waals surface area contributed by atoms with Crippen LogP contribution in [0.15, 0.2) is 22.5 Å². The van der Waals surface area contributed by atoms with Gasteiger partial charge < -0.3 is 24.5 Å². The van der Waals surface area contributed by atoms with E-state index in [1.165, 1.54) is 0 Å². The highest BCUT2D eigenvalue weighted by Crippen LogP contribution is 2.30. The fourth-order valence-corrected chi connectivity index (χ4v) is 2.34. The second-order valence-corrected chi connectivity index (χ2v) is 5.06. The van der Waals surface area contributed by atoms with Gasteiger partial charge in [-0.1, -0.05) is 6.92 Å². The van der Waals surface area contributed by atoms with E-state index in [0.717, 1.165) is 0 Å². The molecule has 0 aromatic rings. The summed E-state index contributed by atoms with van der Waals surface area (Å²) in [4.78, 5) is 54.1.